The van der Waals surface area contributed by atoms with E-state index < -0.39 is 0 Å². The number of pyridine rings is 1. The normalized spacial score (nSPS) is 13.7. The standard InChI is InChI=1S/C15H18N4S2.C5H9NO/c1-10-5-6-14(17-7-10)18-9-20-8-13(16-4)15-11(2)19-12(3)21-15;7-5-6-3-1-2-4-6/h5-8H,4,9H2,1-3H3,(H,17,18);5H,1-4H2/b13-8-;. The molecule has 0 atom stereocenters. The minimum absolute atomic E-state index is 0.728. The highest BCUT2D eigenvalue weighted by atomic mass is 32.2. The second-order valence-corrected chi connectivity index (χ2v) is 8.43. The van der Waals surface area contributed by atoms with Crippen molar-refractivity contribution in [2.75, 3.05) is 24.3 Å². The molecule has 28 heavy (non-hydrogen) atoms. The Kier molecular flexibility index (Phi) is 9.16. The van der Waals surface area contributed by atoms with E-state index >= 15 is 0 Å². The van der Waals surface area contributed by atoms with E-state index in [-0.39, 0.29) is 0 Å². The quantitative estimate of drug-likeness (QED) is 0.311. The topological polar surface area (TPSA) is 70.5 Å². The average Bonchev–Trinajstić information content (AvgIpc) is 3.33. The van der Waals surface area contributed by atoms with Crippen molar-refractivity contribution in [1.29, 1.82) is 0 Å². The molecule has 0 saturated carbocycles. The molecule has 2 aromatic heterocycles. The van der Waals surface area contributed by atoms with Gasteiger partial charge >= 0.3 is 0 Å². The number of carbonyl (C=O) groups is 1. The van der Waals surface area contributed by atoms with Crippen LogP contribution in [0.15, 0.2) is 28.7 Å². The number of nitrogens with one attached hydrogen (secondary N) is 1. The summed E-state index contributed by atoms with van der Waals surface area (Å²) in [4.78, 5) is 25.7. The Bertz CT molecular complexity index is 795. The van der Waals surface area contributed by atoms with Gasteiger partial charge in [-0.05, 0) is 57.4 Å². The summed E-state index contributed by atoms with van der Waals surface area (Å²) in [6.07, 6.45) is 5.16. The van der Waals surface area contributed by atoms with E-state index in [1.807, 2.05) is 44.5 Å². The lowest BCUT2D eigenvalue weighted by atomic mass is 10.3. The number of aromatic nitrogens is 2. The molecule has 0 spiro atoms. The van der Waals surface area contributed by atoms with Gasteiger partial charge in [-0.15, -0.1) is 23.1 Å². The van der Waals surface area contributed by atoms with Gasteiger partial charge in [0.2, 0.25) is 6.41 Å². The highest BCUT2D eigenvalue weighted by Gasteiger charge is 2.09. The number of aryl methyl sites for hydroxylation is 3. The second-order valence-electron chi connectivity index (χ2n) is 6.37. The van der Waals surface area contributed by atoms with Crippen LogP contribution in [-0.2, 0) is 4.79 Å². The van der Waals surface area contributed by atoms with Gasteiger partial charge in [0.15, 0.2) is 0 Å². The van der Waals surface area contributed by atoms with E-state index in [2.05, 4.69) is 27.0 Å². The fraction of sp³-hybridized carbons (Fsp3) is 0.400. The number of amides is 1. The van der Waals surface area contributed by atoms with E-state index in [1.165, 1.54) is 12.8 Å². The van der Waals surface area contributed by atoms with Crippen LogP contribution < -0.4 is 5.32 Å². The van der Waals surface area contributed by atoms with Gasteiger partial charge in [0.05, 0.1) is 27.2 Å². The molecule has 0 aromatic carbocycles. The molecule has 1 aliphatic heterocycles. The van der Waals surface area contributed by atoms with Gasteiger partial charge in [0, 0.05) is 19.3 Å². The molecular weight excluding hydrogens is 390 g/mol. The molecule has 0 unspecified atom stereocenters. The number of thioether (sulfide) groups is 1. The molecule has 3 rings (SSSR count). The molecule has 1 saturated heterocycles. The van der Waals surface area contributed by atoms with Gasteiger partial charge in [-0.25, -0.2) is 9.97 Å². The predicted octanol–water partition coefficient (Wildman–Crippen LogP) is 4.50. The van der Waals surface area contributed by atoms with Crippen LogP contribution in [0.25, 0.3) is 5.70 Å². The Labute approximate surface area is 175 Å². The third-order valence-electron chi connectivity index (χ3n) is 4.04. The van der Waals surface area contributed by atoms with Crippen molar-refractivity contribution < 1.29 is 4.79 Å². The first-order valence-electron chi connectivity index (χ1n) is 9.12. The number of likely N-dealkylation sites (tertiary alicyclic amines) is 1. The summed E-state index contributed by atoms with van der Waals surface area (Å²) >= 11 is 3.27. The van der Waals surface area contributed by atoms with Gasteiger partial charge in [-0.3, -0.25) is 9.79 Å². The first kappa shape index (κ1) is 22.1. The number of rotatable bonds is 7. The number of thiazole rings is 1. The summed E-state index contributed by atoms with van der Waals surface area (Å²) in [5.41, 5.74) is 3.04. The van der Waals surface area contributed by atoms with Crippen molar-refractivity contribution >= 4 is 47.7 Å². The molecule has 3 heterocycles. The number of hydrogen-bond donors (Lipinski definition) is 1. The molecule has 0 aliphatic carbocycles. The molecule has 1 aliphatic rings. The average molecular weight is 418 g/mol. The Morgan fingerprint density at radius 2 is 2.11 bits per heavy atom. The zero-order valence-electron chi connectivity index (χ0n) is 16.6. The molecule has 1 fully saturated rings. The lowest BCUT2D eigenvalue weighted by Gasteiger charge is -2.04. The van der Waals surface area contributed by atoms with Crippen molar-refractivity contribution in [3.05, 3.63) is 44.9 Å². The van der Waals surface area contributed by atoms with E-state index in [1.54, 1.807) is 28.0 Å². The molecule has 1 N–H and O–H groups in total. The number of carbonyl (C=O) groups excluding carboxylic acids is 1. The van der Waals surface area contributed by atoms with Gasteiger partial charge < -0.3 is 10.2 Å². The van der Waals surface area contributed by atoms with Crippen LogP contribution in [0.4, 0.5) is 5.82 Å². The third-order valence-corrected chi connectivity index (χ3v) is 5.84. The first-order chi connectivity index (χ1) is 13.5. The van der Waals surface area contributed by atoms with Crippen molar-refractivity contribution in [3.8, 4) is 0 Å². The Balaban J connectivity index is 0.000000336. The number of hydrogen-bond acceptors (Lipinski definition) is 7. The van der Waals surface area contributed by atoms with E-state index in [4.69, 9.17) is 0 Å². The number of nitrogens with zero attached hydrogens (tertiary/aromatic N) is 4. The minimum atomic E-state index is 0.728. The summed E-state index contributed by atoms with van der Waals surface area (Å²) in [5, 5.41) is 6.31. The van der Waals surface area contributed by atoms with Crippen LogP contribution in [-0.4, -0.2) is 47.0 Å². The van der Waals surface area contributed by atoms with E-state index in [9.17, 15) is 4.79 Å². The second kappa shape index (κ2) is 11.6. The predicted molar refractivity (Wildman–Crippen MR) is 121 cm³/mol. The molecule has 2 aromatic rings. The van der Waals surface area contributed by atoms with Crippen LogP contribution >= 0.6 is 23.1 Å². The maximum absolute atomic E-state index is 9.93. The first-order valence-corrected chi connectivity index (χ1v) is 11.0. The zero-order valence-corrected chi connectivity index (χ0v) is 18.3. The maximum atomic E-state index is 9.93. The lowest BCUT2D eigenvalue weighted by molar-refractivity contribution is -0.117. The van der Waals surface area contributed by atoms with Gasteiger partial charge in [0.1, 0.15) is 5.82 Å². The largest absolute Gasteiger partial charge is 0.361 e. The summed E-state index contributed by atoms with van der Waals surface area (Å²) in [6.45, 7) is 11.6. The summed E-state index contributed by atoms with van der Waals surface area (Å²) in [7, 11) is 0. The third kappa shape index (κ3) is 7.09. The zero-order chi connectivity index (χ0) is 20.4. The Morgan fingerprint density at radius 3 is 2.61 bits per heavy atom. The van der Waals surface area contributed by atoms with Crippen molar-refractivity contribution in [2.45, 2.75) is 33.6 Å². The summed E-state index contributed by atoms with van der Waals surface area (Å²) in [6, 6.07) is 4.01. The highest BCUT2D eigenvalue weighted by molar-refractivity contribution is 8.02. The lowest BCUT2D eigenvalue weighted by Crippen LogP contribution is -2.15. The van der Waals surface area contributed by atoms with Gasteiger partial charge in [-0.1, -0.05) is 6.07 Å². The maximum Gasteiger partial charge on any atom is 0.209 e. The van der Waals surface area contributed by atoms with Gasteiger partial charge in [0.25, 0.3) is 0 Å². The fourth-order valence-corrected chi connectivity index (χ4v) is 4.23. The van der Waals surface area contributed by atoms with Crippen molar-refractivity contribution in [3.63, 3.8) is 0 Å². The fourth-order valence-electron chi connectivity index (χ4n) is 2.59. The molecule has 0 bridgehead atoms. The molecule has 0 radical (unpaired) electrons. The molecule has 1 amide bonds. The number of aliphatic imine (C=N–C) groups is 1. The van der Waals surface area contributed by atoms with Crippen molar-refractivity contribution in [1.82, 2.24) is 14.9 Å². The summed E-state index contributed by atoms with van der Waals surface area (Å²) in [5.74, 6) is 1.60. The smallest absolute Gasteiger partial charge is 0.209 e. The molecule has 8 heteroatoms. The molecular formula is C20H27N5OS2. The van der Waals surface area contributed by atoms with Crippen molar-refractivity contribution in [2.24, 2.45) is 4.99 Å². The van der Waals surface area contributed by atoms with Crippen LogP contribution in [0, 0.1) is 20.8 Å². The van der Waals surface area contributed by atoms with Crippen LogP contribution in [0.1, 0.15) is 34.0 Å². The highest BCUT2D eigenvalue weighted by Crippen LogP contribution is 2.28. The van der Waals surface area contributed by atoms with Gasteiger partial charge in [-0.2, -0.15) is 0 Å². The van der Waals surface area contributed by atoms with E-state index in [0.29, 0.717) is 0 Å². The SMILES string of the molecule is C=N/C(=C\SCNc1ccc(C)cn1)c1sc(C)nc1C.O=CN1CCCC1. The van der Waals surface area contributed by atoms with Crippen LogP contribution in [0.3, 0.4) is 0 Å². The Morgan fingerprint density at radius 1 is 1.36 bits per heavy atom. The van der Waals surface area contributed by atoms with Crippen LogP contribution in [0.2, 0.25) is 0 Å². The van der Waals surface area contributed by atoms with E-state index in [0.717, 1.165) is 58.0 Å². The molecule has 150 valence electrons. The monoisotopic (exact) mass is 417 g/mol. The Hall–Kier alpha value is -2.19. The van der Waals surface area contributed by atoms with Crippen LogP contribution in [0.5, 0.6) is 0 Å². The minimum Gasteiger partial charge on any atom is -0.361 e. The summed E-state index contributed by atoms with van der Waals surface area (Å²) < 4.78 is 0. The molecule has 6 nitrogen and oxygen atoms in total. The number of anilines is 1.